The van der Waals surface area contributed by atoms with Gasteiger partial charge in [0.1, 0.15) is 12.2 Å². The van der Waals surface area contributed by atoms with E-state index < -0.39 is 48.1 Å². The molecule has 4 aromatic carbocycles. The first-order valence-corrected chi connectivity index (χ1v) is 14.7. The molecule has 0 amide bonds. The zero-order valence-electron chi connectivity index (χ0n) is 25.4. The quantitative estimate of drug-likeness (QED) is 0.120. The fraction of sp³-hybridized carbons (Fsp3) is 0.243. The highest BCUT2D eigenvalue weighted by atomic mass is 16.6. The van der Waals surface area contributed by atoms with Crippen LogP contribution in [0.5, 0.6) is 0 Å². The number of ether oxygens (including phenoxy) is 4. The molecule has 0 bridgehead atoms. The van der Waals surface area contributed by atoms with Crippen LogP contribution in [0.15, 0.2) is 121 Å². The van der Waals surface area contributed by atoms with E-state index in [0.29, 0.717) is 11.1 Å². The number of benzene rings is 4. The third kappa shape index (κ3) is 9.13. The minimum atomic E-state index is -1.27. The van der Waals surface area contributed by atoms with Gasteiger partial charge >= 0.3 is 23.9 Å². The molecule has 0 spiro atoms. The van der Waals surface area contributed by atoms with Crippen LogP contribution >= 0.6 is 0 Å². The maximum atomic E-state index is 13.5. The van der Waals surface area contributed by atoms with Crippen LogP contribution < -0.4 is 0 Å². The average molecular weight is 609 g/mol. The lowest BCUT2D eigenvalue weighted by atomic mass is 9.90. The summed E-state index contributed by atoms with van der Waals surface area (Å²) in [6, 6.07) is 33.6. The molecule has 8 heteroatoms. The van der Waals surface area contributed by atoms with Crippen LogP contribution in [0.3, 0.4) is 0 Å². The molecule has 4 aromatic rings. The van der Waals surface area contributed by atoms with Crippen LogP contribution in [0.25, 0.3) is 0 Å². The Bertz CT molecular complexity index is 1540. The van der Waals surface area contributed by atoms with Crippen LogP contribution in [0.2, 0.25) is 0 Å². The fourth-order valence-corrected chi connectivity index (χ4v) is 4.67. The van der Waals surface area contributed by atoms with E-state index >= 15 is 0 Å². The highest BCUT2D eigenvalue weighted by Crippen LogP contribution is 2.28. The van der Waals surface area contributed by atoms with Gasteiger partial charge in [-0.05, 0) is 54.4 Å². The Kier molecular flexibility index (Phi) is 11.6. The molecule has 0 fully saturated rings. The van der Waals surface area contributed by atoms with Crippen molar-refractivity contribution in [1.82, 2.24) is 0 Å². The Morgan fingerprint density at radius 3 is 1.11 bits per heavy atom. The second-order valence-electron chi connectivity index (χ2n) is 10.9. The van der Waals surface area contributed by atoms with Gasteiger partial charge in [-0.15, -0.1) is 0 Å². The lowest BCUT2D eigenvalue weighted by Crippen LogP contribution is -2.51. The van der Waals surface area contributed by atoms with Crippen LogP contribution in [-0.4, -0.2) is 48.8 Å². The van der Waals surface area contributed by atoms with Gasteiger partial charge < -0.3 is 18.9 Å². The molecule has 0 saturated heterocycles. The Balaban J connectivity index is 1.71. The summed E-state index contributed by atoms with van der Waals surface area (Å²) in [7, 11) is 0. The Labute approximate surface area is 262 Å². The third-order valence-corrected chi connectivity index (χ3v) is 7.11. The number of esters is 4. The highest BCUT2D eigenvalue weighted by molar-refractivity contribution is 5.91. The third-order valence-electron chi connectivity index (χ3n) is 7.11. The van der Waals surface area contributed by atoms with Crippen LogP contribution in [0.4, 0.5) is 0 Å². The average Bonchev–Trinajstić information content (AvgIpc) is 3.08. The maximum absolute atomic E-state index is 13.5. The van der Waals surface area contributed by atoms with Gasteiger partial charge in [0.15, 0.2) is 6.10 Å². The largest absolute Gasteiger partial charge is 0.462 e. The van der Waals surface area contributed by atoms with E-state index in [1.165, 1.54) is 0 Å². The Morgan fingerprint density at radius 1 is 0.444 bits per heavy atom. The van der Waals surface area contributed by atoms with Crippen LogP contribution in [0, 0.1) is 11.8 Å². The first-order chi connectivity index (χ1) is 21.7. The summed E-state index contributed by atoms with van der Waals surface area (Å²) in [4.78, 5) is 53.0. The van der Waals surface area contributed by atoms with Gasteiger partial charge in [0.25, 0.3) is 0 Å². The number of hydrogen-bond donors (Lipinski definition) is 0. The molecule has 0 aliphatic heterocycles. The van der Waals surface area contributed by atoms with Crippen molar-refractivity contribution in [2.45, 2.75) is 39.1 Å². The summed E-state index contributed by atoms with van der Waals surface area (Å²) in [5, 5.41) is 0. The smallest absolute Gasteiger partial charge is 0.338 e. The molecule has 0 unspecified atom stereocenters. The predicted molar refractivity (Wildman–Crippen MR) is 168 cm³/mol. The van der Waals surface area contributed by atoms with Crippen molar-refractivity contribution < 1.29 is 38.1 Å². The molecular formula is C37H36O8. The minimum absolute atomic E-state index is 0.183. The van der Waals surface area contributed by atoms with Gasteiger partial charge in [-0.1, -0.05) is 93.6 Å². The molecule has 0 heterocycles. The van der Waals surface area contributed by atoms with Gasteiger partial charge in [0.2, 0.25) is 0 Å². The number of carbonyl (C=O) groups is 4. The normalized spacial score (nSPS) is 13.5. The summed E-state index contributed by atoms with van der Waals surface area (Å²) >= 11 is 0. The van der Waals surface area contributed by atoms with E-state index in [2.05, 4.69) is 0 Å². The maximum Gasteiger partial charge on any atom is 0.338 e. The van der Waals surface area contributed by atoms with Gasteiger partial charge in [0, 0.05) is 5.92 Å². The predicted octanol–water partition coefficient (Wildman–Crippen LogP) is 6.81. The molecule has 0 aromatic heterocycles. The van der Waals surface area contributed by atoms with E-state index in [4.69, 9.17) is 18.9 Å². The number of rotatable bonds is 13. The SMILES string of the molecule is CC(C)[C@H](OC(=O)c1ccccc1)[C@@H](OC(=O)c1ccccc1)[C@H](OC(=O)c1ccccc1)[C@H](C)COC(=O)c1ccccc1. The highest BCUT2D eigenvalue weighted by Gasteiger charge is 2.43. The van der Waals surface area contributed by atoms with Crippen molar-refractivity contribution in [3.63, 3.8) is 0 Å². The van der Waals surface area contributed by atoms with Gasteiger partial charge in [-0.2, -0.15) is 0 Å². The second kappa shape index (κ2) is 16.0. The zero-order valence-corrected chi connectivity index (χ0v) is 25.4. The van der Waals surface area contributed by atoms with Crippen molar-refractivity contribution in [2.24, 2.45) is 11.8 Å². The van der Waals surface area contributed by atoms with Crippen LogP contribution in [-0.2, 0) is 18.9 Å². The zero-order chi connectivity index (χ0) is 32.2. The van der Waals surface area contributed by atoms with Crippen molar-refractivity contribution in [3.8, 4) is 0 Å². The first-order valence-electron chi connectivity index (χ1n) is 14.7. The van der Waals surface area contributed by atoms with Crippen molar-refractivity contribution in [3.05, 3.63) is 144 Å². The molecule has 0 aliphatic carbocycles. The molecule has 0 saturated carbocycles. The second-order valence-corrected chi connectivity index (χ2v) is 10.9. The topological polar surface area (TPSA) is 105 Å². The summed E-state index contributed by atoms with van der Waals surface area (Å²) in [5.41, 5.74) is 1.19. The molecule has 0 radical (unpaired) electrons. The summed E-state index contributed by atoms with van der Waals surface area (Å²) in [6.45, 7) is 5.14. The van der Waals surface area contributed by atoms with E-state index in [-0.39, 0.29) is 23.7 Å². The van der Waals surface area contributed by atoms with Gasteiger partial charge in [-0.25, -0.2) is 19.2 Å². The monoisotopic (exact) mass is 608 g/mol. The van der Waals surface area contributed by atoms with Crippen molar-refractivity contribution in [2.75, 3.05) is 6.61 Å². The lowest BCUT2D eigenvalue weighted by Gasteiger charge is -2.37. The lowest BCUT2D eigenvalue weighted by molar-refractivity contribution is -0.117. The molecule has 232 valence electrons. The first kappa shape index (κ1) is 32.7. The summed E-state index contributed by atoms with van der Waals surface area (Å²) in [6.07, 6.45) is -3.51. The van der Waals surface area contributed by atoms with Crippen molar-refractivity contribution >= 4 is 23.9 Å². The standard InChI is InChI=1S/C37H36O8/c1-25(2)31(43-35(39)28-18-10-5-11-19-28)33(45-37(41)30-22-14-7-15-23-30)32(44-36(40)29-20-12-6-13-21-29)26(3)24-42-34(38)27-16-8-4-9-17-27/h4-23,25-26,31-33H,24H2,1-3H3/t26-,31+,32-,33-/m1/s1. The molecule has 4 atom stereocenters. The Morgan fingerprint density at radius 2 is 0.756 bits per heavy atom. The van der Waals surface area contributed by atoms with Crippen molar-refractivity contribution in [1.29, 1.82) is 0 Å². The summed E-state index contributed by atoms with van der Waals surface area (Å²) < 4.78 is 23.7. The molecular weight excluding hydrogens is 572 g/mol. The van der Waals surface area contributed by atoms with E-state index in [0.717, 1.165) is 0 Å². The Hall–Kier alpha value is -5.24. The molecule has 0 N–H and O–H groups in total. The number of hydrogen-bond acceptors (Lipinski definition) is 8. The molecule has 8 nitrogen and oxygen atoms in total. The molecule has 0 aliphatic rings. The molecule has 4 rings (SSSR count). The van der Waals surface area contributed by atoms with Gasteiger partial charge in [0.05, 0.1) is 28.9 Å². The summed E-state index contributed by atoms with van der Waals surface area (Å²) in [5.74, 6) is -3.66. The van der Waals surface area contributed by atoms with E-state index in [9.17, 15) is 19.2 Å². The number of carbonyl (C=O) groups excluding carboxylic acids is 4. The molecule has 45 heavy (non-hydrogen) atoms. The minimum Gasteiger partial charge on any atom is -0.462 e. The van der Waals surface area contributed by atoms with E-state index in [1.807, 2.05) is 13.8 Å². The van der Waals surface area contributed by atoms with E-state index in [1.54, 1.807) is 128 Å². The van der Waals surface area contributed by atoms with Crippen LogP contribution in [0.1, 0.15) is 62.2 Å². The fourth-order valence-electron chi connectivity index (χ4n) is 4.67. The van der Waals surface area contributed by atoms with Gasteiger partial charge in [-0.3, -0.25) is 0 Å².